The second-order valence-corrected chi connectivity index (χ2v) is 4.88. The Labute approximate surface area is 107 Å². The molecule has 0 radical (unpaired) electrons. The molecule has 1 aromatic carbocycles. The van der Waals surface area contributed by atoms with Gasteiger partial charge >= 0.3 is 0 Å². The first-order chi connectivity index (χ1) is 8.69. The average molecular weight is 249 g/mol. The minimum Gasteiger partial charge on any atom is -0.394 e. The zero-order chi connectivity index (χ0) is 13.0. The molecular formula is C14H19NO3. The number of nitrogens with one attached hydrogen (secondary N) is 1. The van der Waals surface area contributed by atoms with Gasteiger partial charge in [0.2, 0.25) is 0 Å². The van der Waals surface area contributed by atoms with Crippen LogP contribution in [0.15, 0.2) is 24.3 Å². The van der Waals surface area contributed by atoms with Crippen LogP contribution in [-0.2, 0) is 11.3 Å². The maximum absolute atomic E-state index is 12.1. The molecule has 0 heterocycles. The van der Waals surface area contributed by atoms with Gasteiger partial charge in [0.25, 0.3) is 5.91 Å². The second kappa shape index (κ2) is 5.50. The standard InChI is InChI=1S/C14H19NO3/c1-18-9-11-4-2-5-12(8-11)13(17)15-14(10-16)6-3-7-14/h2,4-5,8,16H,3,6-7,9-10H2,1H3,(H,15,17). The van der Waals surface area contributed by atoms with E-state index in [1.54, 1.807) is 13.2 Å². The molecular weight excluding hydrogens is 230 g/mol. The van der Waals surface area contributed by atoms with E-state index in [0.29, 0.717) is 12.2 Å². The smallest absolute Gasteiger partial charge is 0.251 e. The number of aliphatic hydroxyl groups excluding tert-OH is 1. The van der Waals surface area contributed by atoms with Crippen molar-refractivity contribution >= 4 is 5.91 Å². The van der Waals surface area contributed by atoms with E-state index in [0.717, 1.165) is 24.8 Å². The van der Waals surface area contributed by atoms with Crippen LogP contribution >= 0.6 is 0 Å². The predicted octanol–water partition coefficient (Wildman–Crippen LogP) is 1.48. The van der Waals surface area contributed by atoms with Gasteiger partial charge in [0.15, 0.2) is 0 Å². The molecule has 0 spiro atoms. The zero-order valence-electron chi connectivity index (χ0n) is 10.6. The Balaban J connectivity index is 2.06. The van der Waals surface area contributed by atoms with E-state index in [1.807, 2.05) is 18.2 Å². The van der Waals surface area contributed by atoms with Gasteiger partial charge in [-0.1, -0.05) is 12.1 Å². The summed E-state index contributed by atoms with van der Waals surface area (Å²) in [5.41, 5.74) is 1.19. The number of carbonyl (C=O) groups is 1. The molecule has 1 aliphatic carbocycles. The number of hydrogen-bond donors (Lipinski definition) is 2. The lowest BCUT2D eigenvalue weighted by atomic mass is 9.77. The van der Waals surface area contributed by atoms with E-state index in [9.17, 15) is 9.90 Å². The van der Waals surface area contributed by atoms with Crippen LogP contribution in [0.3, 0.4) is 0 Å². The minimum atomic E-state index is -0.394. The average Bonchev–Trinajstić information content (AvgIpc) is 2.34. The first kappa shape index (κ1) is 13.1. The predicted molar refractivity (Wildman–Crippen MR) is 68.3 cm³/mol. The first-order valence-electron chi connectivity index (χ1n) is 6.20. The van der Waals surface area contributed by atoms with E-state index < -0.39 is 5.54 Å². The summed E-state index contributed by atoms with van der Waals surface area (Å²) in [6.45, 7) is 0.503. The molecule has 0 aromatic heterocycles. The van der Waals surface area contributed by atoms with Crippen LogP contribution < -0.4 is 5.32 Å². The van der Waals surface area contributed by atoms with Crippen molar-refractivity contribution in [1.82, 2.24) is 5.32 Å². The van der Waals surface area contributed by atoms with Gasteiger partial charge in [-0.05, 0) is 37.0 Å². The van der Waals surface area contributed by atoms with E-state index in [2.05, 4.69) is 5.32 Å². The molecule has 0 saturated heterocycles. The lowest BCUT2D eigenvalue weighted by molar-refractivity contribution is 0.0641. The topological polar surface area (TPSA) is 58.6 Å². The largest absolute Gasteiger partial charge is 0.394 e. The van der Waals surface area contributed by atoms with Gasteiger partial charge in [0.05, 0.1) is 18.8 Å². The van der Waals surface area contributed by atoms with Gasteiger partial charge in [-0.15, -0.1) is 0 Å². The summed E-state index contributed by atoms with van der Waals surface area (Å²) >= 11 is 0. The molecule has 0 bridgehead atoms. The summed E-state index contributed by atoms with van der Waals surface area (Å²) in [6.07, 6.45) is 2.77. The van der Waals surface area contributed by atoms with Gasteiger partial charge in [-0.2, -0.15) is 0 Å². The van der Waals surface area contributed by atoms with Crippen molar-refractivity contribution in [3.8, 4) is 0 Å². The lowest BCUT2D eigenvalue weighted by Crippen LogP contribution is -2.56. The second-order valence-electron chi connectivity index (χ2n) is 4.88. The van der Waals surface area contributed by atoms with E-state index in [1.165, 1.54) is 0 Å². The number of amides is 1. The summed E-state index contributed by atoms with van der Waals surface area (Å²) in [5.74, 6) is -0.123. The van der Waals surface area contributed by atoms with Crippen molar-refractivity contribution < 1.29 is 14.6 Å². The maximum Gasteiger partial charge on any atom is 0.251 e. The van der Waals surface area contributed by atoms with Gasteiger partial charge in [-0.3, -0.25) is 4.79 Å². The van der Waals surface area contributed by atoms with Crippen LogP contribution in [0.1, 0.15) is 35.2 Å². The Hall–Kier alpha value is -1.39. The van der Waals surface area contributed by atoms with Crippen LogP contribution in [0, 0.1) is 0 Å². The molecule has 4 nitrogen and oxygen atoms in total. The number of carbonyl (C=O) groups excluding carboxylic acids is 1. The van der Waals surface area contributed by atoms with Crippen LogP contribution in [-0.4, -0.2) is 30.3 Å². The third kappa shape index (κ3) is 2.71. The fraction of sp³-hybridized carbons (Fsp3) is 0.500. The van der Waals surface area contributed by atoms with Crippen LogP contribution in [0.4, 0.5) is 0 Å². The quantitative estimate of drug-likeness (QED) is 0.831. The molecule has 2 rings (SSSR count). The Morgan fingerprint density at radius 2 is 2.28 bits per heavy atom. The molecule has 98 valence electrons. The van der Waals surface area contributed by atoms with Crippen LogP contribution in [0.5, 0.6) is 0 Å². The molecule has 1 saturated carbocycles. The fourth-order valence-corrected chi connectivity index (χ4v) is 2.21. The number of methoxy groups -OCH3 is 1. The SMILES string of the molecule is COCc1cccc(C(=O)NC2(CO)CCC2)c1. The molecule has 1 fully saturated rings. The number of ether oxygens (including phenoxy) is 1. The molecule has 1 amide bonds. The monoisotopic (exact) mass is 249 g/mol. The summed E-state index contributed by atoms with van der Waals surface area (Å²) in [6, 6.07) is 7.36. The Bertz CT molecular complexity index is 421. The molecule has 0 aliphatic heterocycles. The highest BCUT2D eigenvalue weighted by atomic mass is 16.5. The molecule has 0 atom stereocenters. The molecule has 2 N–H and O–H groups in total. The highest BCUT2D eigenvalue weighted by Crippen LogP contribution is 2.31. The Morgan fingerprint density at radius 3 is 2.83 bits per heavy atom. The molecule has 0 unspecified atom stereocenters. The van der Waals surface area contributed by atoms with E-state index in [-0.39, 0.29) is 12.5 Å². The van der Waals surface area contributed by atoms with Gasteiger partial charge in [0, 0.05) is 12.7 Å². The Kier molecular flexibility index (Phi) is 3.99. The Morgan fingerprint density at radius 1 is 1.50 bits per heavy atom. The van der Waals surface area contributed by atoms with Crippen molar-refractivity contribution in [2.45, 2.75) is 31.4 Å². The van der Waals surface area contributed by atoms with Gasteiger partial charge in [0.1, 0.15) is 0 Å². The number of hydrogen-bond acceptors (Lipinski definition) is 3. The summed E-state index contributed by atoms with van der Waals surface area (Å²) in [5, 5.41) is 12.3. The van der Waals surface area contributed by atoms with Crippen LogP contribution in [0.2, 0.25) is 0 Å². The number of benzene rings is 1. The van der Waals surface area contributed by atoms with Crippen molar-refractivity contribution in [3.63, 3.8) is 0 Å². The van der Waals surface area contributed by atoms with Crippen molar-refractivity contribution in [3.05, 3.63) is 35.4 Å². The van der Waals surface area contributed by atoms with Gasteiger partial charge in [-0.25, -0.2) is 0 Å². The summed E-state index contributed by atoms with van der Waals surface area (Å²) in [7, 11) is 1.63. The van der Waals surface area contributed by atoms with Crippen LogP contribution in [0.25, 0.3) is 0 Å². The minimum absolute atomic E-state index is 0.0104. The van der Waals surface area contributed by atoms with Crippen molar-refractivity contribution in [2.24, 2.45) is 0 Å². The normalized spacial score (nSPS) is 17.0. The highest BCUT2D eigenvalue weighted by Gasteiger charge is 2.37. The molecule has 1 aliphatic rings. The third-order valence-corrected chi connectivity index (χ3v) is 3.49. The lowest BCUT2D eigenvalue weighted by Gasteiger charge is -2.40. The van der Waals surface area contributed by atoms with Crippen molar-refractivity contribution in [2.75, 3.05) is 13.7 Å². The maximum atomic E-state index is 12.1. The molecule has 18 heavy (non-hydrogen) atoms. The fourth-order valence-electron chi connectivity index (χ4n) is 2.21. The van der Waals surface area contributed by atoms with E-state index >= 15 is 0 Å². The zero-order valence-corrected chi connectivity index (χ0v) is 10.6. The summed E-state index contributed by atoms with van der Waals surface area (Å²) < 4.78 is 5.05. The molecule has 4 heteroatoms. The first-order valence-corrected chi connectivity index (χ1v) is 6.20. The van der Waals surface area contributed by atoms with E-state index in [4.69, 9.17) is 4.74 Å². The number of aliphatic hydroxyl groups is 1. The van der Waals surface area contributed by atoms with Crippen molar-refractivity contribution in [1.29, 1.82) is 0 Å². The third-order valence-electron chi connectivity index (χ3n) is 3.49. The molecule has 1 aromatic rings. The highest BCUT2D eigenvalue weighted by molar-refractivity contribution is 5.95. The summed E-state index contributed by atoms with van der Waals surface area (Å²) in [4.78, 5) is 12.1. The number of rotatable bonds is 5. The van der Waals surface area contributed by atoms with Gasteiger partial charge < -0.3 is 15.2 Å².